The molecule has 0 radical (unpaired) electrons. The maximum absolute atomic E-state index is 8.72. The molecule has 280 valence electrons. The van der Waals surface area contributed by atoms with Crippen molar-refractivity contribution >= 4 is 34.8 Å². The summed E-state index contributed by atoms with van der Waals surface area (Å²) >= 11 is 16.4. The van der Waals surface area contributed by atoms with Crippen LogP contribution in [0.3, 0.4) is 0 Å². The van der Waals surface area contributed by atoms with Gasteiger partial charge in [-0.3, -0.25) is 0 Å². The van der Waals surface area contributed by atoms with Gasteiger partial charge in [0.25, 0.3) is 0 Å². The number of hydrogen-bond acceptors (Lipinski definition) is 8. The molecule has 4 rings (SSSR count). The van der Waals surface area contributed by atoms with E-state index in [1.165, 1.54) is 5.54 Å². The van der Waals surface area contributed by atoms with Crippen LogP contribution in [0.4, 0.5) is 0 Å². The maximum atomic E-state index is 8.72. The standard InChI is InChI=1S/C8H15ClO2.C8H14ClO2.C7H10ClO2.C6H12O2.C2H2.4Ar/c2*1-6(5-10)2-3-7-8(4-9)11-7;8-4-3-6-1-2-7(5-9)10-6;1-5-2-3-6(4-7)8-5;1-2;;;;/h6-8,10H,2-5H2,1H3;6,8,10H,2-5H2,1H3;4,6-7,9H,1-2,5H2;5-7H,2-4H2,1H3;1-2H;;;;/q;2*-1;;;;;;/t6?,7-,8-;6?,8-;6-,7-;5-,6+;;;;;/m0001...../s1. The molecule has 2 unspecified atom stereocenters. The van der Waals surface area contributed by atoms with E-state index in [4.69, 9.17) is 74.2 Å². The Hall–Kier alpha value is 4.89. The smallest absolute Gasteiger partial charge is 0.0976 e. The SMILES string of the molecule is C#C.CC(CO)CC[C-]1O[C@H]1CCl.CC(CO)CC[C@@H]1O[C@H]1CCl.C[C@@H]1CC[C@@H](CO)O1.OC[C@@H]1CC[C@@H]([C-]=CCl)O1.[Ar].[Ar].[Ar].[Ar]. The Morgan fingerprint density at radius 2 is 1.35 bits per heavy atom. The molecule has 4 fully saturated rings. The molecular formula is C31H53Ar4Cl3O8-2. The first kappa shape index (κ1) is 60.1. The number of halogens is 3. The van der Waals surface area contributed by atoms with Gasteiger partial charge >= 0.3 is 0 Å². The van der Waals surface area contributed by atoms with Crippen LogP contribution in [-0.4, -0.2) is 101 Å². The van der Waals surface area contributed by atoms with Crippen molar-refractivity contribution in [2.24, 2.45) is 11.8 Å². The fourth-order valence-electron chi connectivity index (χ4n) is 4.13. The Balaban J connectivity index is -0.000000156. The molecule has 4 aliphatic rings. The molecular weight excluding hydrogens is 766 g/mol. The van der Waals surface area contributed by atoms with E-state index in [-0.39, 0.29) is 202 Å². The molecule has 4 N–H and O–H groups in total. The quantitative estimate of drug-likeness (QED) is 0.0902. The topological polar surface area (TPSA) is 124 Å². The van der Waals surface area contributed by atoms with Crippen LogP contribution in [0.15, 0.2) is 5.54 Å². The van der Waals surface area contributed by atoms with E-state index in [1.807, 2.05) is 20.8 Å². The Kier molecular flexibility index (Phi) is 51.8. The first-order valence-electron chi connectivity index (χ1n) is 14.8. The second kappa shape index (κ2) is 39.6. The molecule has 8 nitrogen and oxygen atoms in total. The molecule has 0 spiro atoms. The summed E-state index contributed by atoms with van der Waals surface area (Å²) in [5.74, 6) is 1.96. The van der Waals surface area contributed by atoms with Crippen LogP contribution >= 0.6 is 34.8 Å². The van der Waals surface area contributed by atoms with Crippen molar-refractivity contribution in [1.29, 1.82) is 0 Å². The van der Waals surface area contributed by atoms with Crippen molar-refractivity contribution < 1.29 is 190 Å². The van der Waals surface area contributed by atoms with Gasteiger partial charge < -0.3 is 45.4 Å². The molecule has 0 bridgehead atoms. The van der Waals surface area contributed by atoms with E-state index in [0.717, 1.165) is 57.5 Å². The fraction of sp³-hybridized carbons (Fsp3) is 0.839. The zero-order valence-corrected chi connectivity index (χ0v) is 31.9. The van der Waals surface area contributed by atoms with E-state index in [0.29, 0.717) is 41.9 Å². The van der Waals surface area contributed by atoms with Crippen molar-refractivity contribution in [2.75, 3.05) is 38.2 Å². The molecule has 15 heteroatoms. The molecule has 4 saturated heterocycles. The first-order chi connectivity index (χ1) is 20.2. The minimum Gasteiger partial charge on any atom is -0.566 e. The summed E-state index contributed by atoms with van der Waals surface area (Å²) in [4.78, 5) is 0. The zero-order chi connectivity index (χ0) is 31.9. The van der Waals surface area contributed by atoms with E-state index in [9.17, 15) is 0 Å². The maximum Gasteiger partial charge on any atom is 0.0976 e. The largest absolute Gasteiger partial charge is 0.566 e. The van der Waals surface area contributed by atoms with E-state index < -0.39 is 0 Å². The van der Waals surface area contributed by atoms with Crippen molar-refractivity contribution in [2.45, 2.75) is 115 Å². The number of aliphatic hydroxyl groups excluding tert-OH is 4. The van der Waals surface area contributed by atoms with Crippen LogP contribution in [0.25, 0.3) is 0 Å². The summed E-state index contributed by atoms with van der Waals surface area (Å²) in [7, 11) is 0. The number of hydrogen-bond donors (Lipinski definition) is 4. The summed E-state index contributed by atoms with van der Waals surface area (Å²) < 4.78 is 20.9. The summed E-state index contributed by atoms with van der Waals surface area (Å²) in [5.41, 5.74) is 1.34. The second-order valence-electron chi connectivity index (χ2n) is 10.9. The molecule has 4 aliphatic heterocycles. The van der Waals surface area contributed by atoms with Gasteiger partial charge in [-0.15, -0.1) is 47.6 Å². The van der Waals surface area contributed by atoms with Crippen LogP contribution in [0.5, 0.6) is 0 Å². The summed E-state index contributed by atoms with van der Waals surface area (Å²) in [6.07, 6.45) is 21.3. The average Bonchev–Trinajstić information content (AvgIpc) is 3.88. The van der Waals surface area contributed by atoms with Crippen LogP contribution in [-0.2, 0) is 18.9 Å². The van der Waals surface area contributed by atoms with E-state index in [1.54, 1.807) is 0 Å². The molecule has 0 aromatic carbocycles. The minimum absolute atomic E-state index is 0. The second-order valence-corrected chi connectivity index (χ2v) is 11.7. The molecule has 0 aliphatic carbocycles. The molecule has 4 heterocycles. The third kappa shape index (κ3) is 31.3. The molecule has 46 heavy (non-hydrogen) atoms. The predicted molar refractivity (Wildman–Crippen MR) is 168 cm³/mol. The third-order valence-corrected chi connectivity index (χ3v) is 7.82. The van der Waals surface area contributed by atoms with Gasteiger partial charge in [-0.05, 0) is 50.9 Å². The van der Waals surface area contributed by atoms with Crippen LogP contribution < -0.4 is 0 Å². The summed E-state index contributed by atoms with van der Waals surface area (Å²) in [5, 5.41) is 34.7. The number of aliphatic hydroxyl groups is 4. The third-order valence-electron chi connectivity index (χ3n) is 7.11. The number of terminal acetylenes is 1. The molecule has 0 aromatic rings. The van der Waals surface area contributed by atoms with Gasteiger partial charge in [0.15, 0.2) is 0 Å². The number of ether oxygens (including phenoxy) is 4. The molecule has 9 atom stereocenters. The number of alkyl halides is 2. The Morgan fingerprint density at radius 3 is 1.72 bits per heavy atom. The van der Waals surface area contributed by atoms with Gasteiger partial charge in [0, 0.05) is 170 Å². The van der Waals surface area contributed by atoms with Crippen LogP contribution in [0.1, 0.15) is 72.1 Å². The summed E-state index contributed by atoms with van der Waals surface area (Å²) in [6, 6.07) is 0. The van der Waals surface area contributed by atoms with Gasteiger partial charge in [0.1, 0.15) is 0 Å². The van der Waals surface area contributed by atoms with Crippen LogP contribution in [0.2, 0.25) is 0 Å². The summed E-state index contributed by atoms with van der Waals surface area (Å²) in [6.45, 7) is 6.92. The first-order valence-corrected chi connectivity index (χ1v) is 16.3. The Morgan fingerprint density at radius 1 is 0.804 bits per heavy atom. The molecule has 0 saturated carbocycles. The number of rotatable bonds is 13. The van der Waals surface area contributed by atoms with Gasteiger partial charge in [0.2, 0.25) is 0 Å². The van der Waals surface area contributed by atoms with Crippen LogP contribution in [0, 0.1) is 188 Å². The van der Waals surface area contributed by atoms with Crippen molar-refractivity contribution in [3.05, 3.63) is 17.7 Å². The Labute approximate surface area is 413 Å². The predicted octanol–water partition coefficient (Wildman–Crippen LogP) is 4.84. The van der Waals surface area contributed by atoms with Gasteiger partial charge in [0.05, 0.1) is 49.6 Å². The van der Waals surface area contributed by atoms with E-state index >= 15 is 0 Å². The normalized spacial score (nSPS) is 28.1. The molecule has 0 aromatic heterocycles. The van der Waals surface area contributed by atoms with Crippen molar-refractivity contribution in [3.8, 4) is 12.8 Å². The van der Waals surface area contributed by atoms with Crippen molar-refractivity contribution in [1.82, 2.24) is 0 Å². The van der Waals surface area contributed by atoms with Gasteiger partial charge in [-0.1, -0.05) is 38.9 Å². The average molecular weight is 820 g/mol. The monoisotopic (exact) mass is 818 g/mol. The van der Waals surface area contributed by atoms with Gasteiger partial charge in [-0.2, -0.15) is 18.1 Å². The Bertz CT molecular complexity index is 677. The fourth-order valence-corrected chi connectivity index (χ4v) is 4.77. The number of epoxide rings is 2. The van der Waals surface area contributed by atoms with Crippen molar-refractivity contribution in [3.63, 3.8) is 0 Å². The minimum atomic E-state index is -0.00545. The zero-order valence-electron chi connectivity index (χ0n) is 26.8. The molecule has 0 amide bonds. The van der Waals surface area contributed by atoms with Gasteiger partial charge in [-0.25, -0.2) is 0 Å². The van der Waals surface area contributed by atoms with E-state index in [2.05, 4.69) is 18.9 Å².